The van der Waals surface area contributed by atoms with Crippen molar-refractivity contribution in [3.05, 3.63) is 88.2 Å². The molecule has 0 saturated heterocycles. The van der Waals surface area contributed by atoms with Gasteiger partial charge < -0.3 is 15.0 Å². The summed E-state index contributed by atoms with van der Waals surface area (Å²) in [4.78, 5) is 13.8. The number of nitriles is 1. The number of hydrogen-bond donors (Lipinski definition) is 1. The summed E-state index contributed by atoms with van der Waals surface area (Å²) in [5.74, 6) is -4.44. The van der Waals surface area contributed by atoms with E-state index in [1.165, 1.54) is 29.2 Å². The molecule has 1 amide bonds. The highest BCUT2D eigenvalue weighted by molar-refractivity contribution is 6.02. The summed E-state index contributed by atoms with van der Waals surface area (Å²) in [6.07, 6.45) is -4.97. The summed E-state index contributed by atoms with van der Waals surface area (Å²) < 4.78 is 87.5. The molecule has 5 nitrogen and oxygen atoms in total. The molecule has 11 heteroatoms. The first-order chi connectivity index (χ1) is 16.6. The summed E-state index contributed by atoms with van der Waals surface area (Å²) >= 11 is 0. The van der Waals surface area contributed by atoms with Gasteiger partial charge in [0, 0.05) is 17.7 Å². The standard InChI is InChI=1S/C24H15F6N3O2/c25-14-8-19(26)17(20(27)9-14)11-33-12-32-23(34)16-10-15(2-3-21(16)33)35-22-4-1-13(5-6-31)7-18(22)24(28,29)30/h1-4,7-10H,5,11-12H2,(H,32,34). The number of hydrogen-bond acceptors (Lipinski definition) is 4. The van der Waals surface area contributed by atoms with E-state index in [0.29, 0.717) is 12.1 Å². The Morgan fingerprint density at radius 2 is 1.74 bits per heavy atom. The Morgan fingerprint density at radius 3 is 2.40 bits per heavy atom. The number of halogens is 6. The fraction of sp³-hybridized carbons (Fsp3) is 0.167. The monoisotopic (exact) mass is 491 g/mol. The number of nitrogens with one attached hydrogen (secondary N) is 1. The molecule has 0 saturated carbocycles. The van der Waals surface area contributed by atoms with Crippen molar-refractivity contribution >= 4 is 11.6 Å². The molecule has 0 atom stereocenters. The van der Waals surface area contributed by atoms with Crippen LogP contribution in [0, 0.1) is 28.8 Å². The van der Waals surface area contributed by atoms with Crippen LogP contribution in [0.25, 0.3) is 0 Å². The van der Waals surface area contributed by atoms with Gasteiger partial charge in [-0.1, -0.05) is 6.07 Å². The average Bonchev–Trinajstić information content (AvgIpc) is 2.78. The van der Waals surface area contributed by atoms with Gasteiger partial charge in [0.2, 0.25) is 0 Å². The minimum absolute atomic E-state index is 0.00587. The molecule has 0 unspecified atom stereocenters. The Bertz CT molecular complexity index is 1330. The molecule has 1 N–H and O–H groups in total. The van der Waals surface area contributed by atoms with Gasteiger partial charge in [0.05, 0.1) is 42.5 Å². The molecule has 1 heterocycles. The van der Waals surface area contributed by atoms with Crippen molar-refractivity contribution in [2.24, 2.45) is 0 Å². The zero-order valence-corrected chi connectivity index (χ0v) is 17.7. The van der Waals surface area contributed by atoms with Crippen LogP contribution in [0.15, 0.2) is 48.5 Å². The zero-order valence-electron chi connectivity index (χ0n) is 17.7. The third-order valence-corrected chi connectivity index (χ3v) is 5.30. The van der Waals surface area contributed by atoms with E-state index in [1.54, 1.807) is 6.07 Å². The summed E-state index contributed by atoms with van der Waals surface area (Å²) in [5.41, 5.74) is -1.08. The topological polar surface area (TPSA) is 65.4 Å². The van der Waals surface area contributed by atoms with Gasteiger partial charge in [-0.2, -0.15) is 18.4 Å². The molecule has 35 heavy (non-hydrogen) atoms. The van der Waals surface area contributed by atoms with Gasteiger partial charge in [-0.3, -0.25) is 4.79 Å². The van der Waals surface area contributed by atoms with Crippen LogP contribution < -0.4 is 15.0 Å². The number of carbonyl (C=O) groups is 1. The highest BCUT2D eigenvalue weighted by atomic mass is 19.4. The Morgan fingerprint density at radius 1 is 1.03 bits per heavy atom. The quantitative estimate of drug-likeness (QED) is 0.466. The van der Waals surface area contributed by atoms with Crippen LogP contribution in [0.4, 0.5) is 32.0 Å². The van der Waals surface area contributed by atoms with Crippen molar-refractivity contribution in [2.75, 3.05) is 11.6 Å². The van der Waals surface area contributed by atoms with E-state index in [1.807, 2.05) is 0 Å². The lowest BCUT2D eigenvalue weighted by Gasteiger charge is -2.31. The molecular formula is C24H15F6N3O2. The first-order valence-corrected chi connectivity index (χ1v) is 10.1. The maximum absolute atomic E-state index is 14.1. The van der Waals surface area contributed by atoms with E-state index >= 15 is 0 Å². The van der Waals surface area contributed by atoms with Gasteiger partial charge in [0.15, 0.2) is 0 Å². The molecule has 1 aliphatic rings. The minimum Gasteiger partial charge on any atom is -0.457 e. The van der Waals surface area contributed by atoms with Crippen LogP contribution in [0.3, 0.4) is 0 Å². The summed E-state index contributed by atoms with van der Waals surface area (Å²) in [6, 6.07) is 9.98. The minimum atomic E-state index is -4.76. The van der Waals surface area contributed by atoms with Crippen LogP contribution in [0.2, 0.25) is 0 Å². The van der Waals surface area contributed by atoms with Crippen molar-refractivity contribution in [3.63, 3.8) is 0 Å². The third-order valence-electron chi connectivity index (χ3n) is 5.30. The number of nitrogens with zero attached hydrogens (tertiary/aromatic N) is 2. The summed E-state index contributed by atoms with van der Waals surface area (Å²) in [6.45, 7) is -0.453. The molecule has 3 aromatic carbocycles. The first-order valence-electron chi connectivity index (χ1n) is 10.1. The number of alkyl halides is 3. The Kier molecular flexibility index (Phi) is 6.30. The van der Waals surface area contributed by atoms with Gasteiger partial charge >= 0.3 is 6.18 Å². The molecule has 0 aliphatic carbocycles. The van der Waals surface area contributed by atoms with Gasteiger partial charge in [0.25, 0.3) is 5.91 Å². The molecule has 0 aromatic heterocycles. The molecule has 4 rings (SSSR count). The predicted molar refractivity (Wildman–Crippen MR) is 112 cm³/mol. The average molecular weight is 491 g/mol. The lowest BCUT2D eigenvalue weighted by Crippen LogP contribution is -2.43. The van der Waals surface area contributed by atoms with Crippen LogP contribution in [0.5, 0.6) is 11.5 Å². The largest absolute Gasteiger partial charge is 0.457 e. The van der Waals surface area contributed by atoms with E-state index in [2.05, 4.69) is 5.32 Å². The number of benzene rings is 3. The number of ether oxygens (including phenoxy) is 1. The Labute approximate surface area is 195 Å². The number of anilines is 1. The van der Waals surface area contributed by atoms with Crippen molar-refractivity contribution in [1.29, 1.82) is 5.26 Å². The van der Waals surface area contributed by atoms with E-state index in [-0.39, 0.29) is 42.2 Å². The molecule has 0 bridgehead atoms. The van der Waals surface area contributed by atoms with Crippen LogP contribution in [0.1, 0.15) is 27.0 Å². The molecule has 180 valence electrons. The van der Waals surface area contributed by atoms with Crippen molar-refractivity contribution < 1.29 is 35.9 Å². The molecule has 1 aliphatic heterocycles. The number of carbonyl (C=O) groups excluding carboxylic acids is 1. The smallest absolute Gasteiger partial charge is 0.419 e. The van der Waals surface area contributed by atoms with Crippen molar-refractivity contribution in [3.8, 4) is 17.6 Å². The van der Waals surface area contributed by atoms with Gasteiger partial charge in [0.1, 0.15) is 29.0 Å². The number of amides is 1. The van der Waals surface area contributed by atoms with Crippen LogP contribution in [-0.2, 0) is 19.1 Å². The lowest BCUT2D eigenvalue weighted by molar-refractivity contribution is -0.138. The molecule has 0 radical (unpaired) electrons. The van der Waals surface area contributed by atoms with Gasteiger partial charge in [-0.05, 0) is 35.9 Å². The fourth-order valence-electron chi connectivity index (χ4n) is 3.65. The predicted octanol–water partition coefficient (Wildman–Crippen LogP) is 5.69. The van der Waals surface area contributed by atoms with E-state index < -0.39 is 46.4 Å². The number of fused-ring (bicyclic) bond motifs is 1. The second kappa shape index (κ2) is 9.21. The lowest BCUT2D eigenvalue weighted by atomic mass is 10.1. The van der Waals surface area contributed by atoms with Gasteiger partial charge in [-0.25, -0.2) is 13.2 Å². The number of rotatable bonds is 5. The van der Waals surface area contributed by atoms with E-state index in [9.17, 15) is 31.1 Å². The second-order valence-corrected chi connectivity index (χ2v) is 7.65. The summed E-state index contributed by atoms with van der Waals surface area (Å²) in [7, 11) is 0. The second-order valence-electron chi connectivity index (χ2n) is 7.65. The molecule has 0 fully saturated rings. The van der Waals surface area contributed by atoms with E-state index in [4.69, 9.17) is 10.00 Å². The first kappa shape index (κ1) is 23.9. The maximum Gasteiger partial charge on any atom is 0.419 e. The highest BCUT2D eigenvalue weighted by Crippen LogP contribution is 2.40. The third kappa shape index (κ3) is 5.01. The molecule has 0 spiro atoms. The van der Waals surface area contributed by atoms with Crippen LogP contribution >= 0.6 is 0 Å². The maximum atomic E-state index is 14.1. The molecule has 3 aromatic rings. The van der Waals surface area contributed by atoms with E-state index in [0.717, 1.165) is 12.1 Å². The normalized spacial score (nSPS) is 13.2. The fourth-order valence-corrected chi connectivity index (χ4v) is 3.65. The molecular weight excluding hydrogens is 476 g/mol. The van der Waals surface area contributed by atoms with Crippen molar-refractivity contribution in [2.45, 2.75) is 19.1 Å². The highest BCUT2D eigenvalue weighted by Gasteiger charge is 2.35. The zero-order chi connectivity index (χ0) is 25.3. The van der Waals surface area contributed by atoms with Gasteiger partial charge in [-0.15, -0.1) is 0 Å². The summed E-state index contributed by atoms with van der Waals surface area (Å²) in [5, 5.41) is 11.3. The van der Waals surface area contributed by atoms with Crippen molar-refractivity contribution in [1.82, 2.24) is 5.32 Å². The Balaban J connectivity index is 1.66. The SMILES string of the molecule is N#CCc1ccc(Oc2ccc3c(c2)C(=O)NCN3Cc2c(F)cc(F)cc2F)c(C(F)(F)F)c1. The Hall–Kier alpha value is -4.20. The van der Waals surface area contributed by atoms with Crippen LogP contribution in [-0.4, -0.2) is 12.6 Å².